The van der Waals surface area contributed by atoms with Gasteiger partial charge in [0.05, 0.1) is 18.8 Å². The van der Waals surface area contributed by atoms with Gasteiger partial charge in [-0.3, -0.25) is 4.79 Å². The Morgan fingerprint density at radius 2 is 2.00 bits per heavy atom. The number of rotatable bonds is 2. The van der Waals surface area contributed by atoms with Gasteiger partial charge in [0.1, 0.15) is 11.6 Å². The highest BCUT2D eigenvalue weighted by Gasteiger charge is 2.45. The topological polar surface area (TPSA) is 49.3 Å². The third-order valence-corrected chi connectivity index (χ3v) is 6.39. The molecule has 1 amide bonds. The first-order valence-electron chi connectivity index (χ1n) is 9.09. The highest BCUT2D eigenvalue weighted by molar-refractivity contribution is 5.80. The number of nitrogens with zero attached hydrogens (tertiary/aromatic N) is 4. The quantitative estimate of drug-likeness (QED) is 0.840. The molecule has 23 heavy (non-hydrogen) atoms. The van der Waals surface area contributed by atoms with Crippen LogP contribution in [-0.2, 0) is 17.9 Å². The molecule has 3 fully saturated rings. The van der Waals surface area contributed by atoms with Crippen molar-refractivity contribution in [1.29, 1.82) is 0 Å². The van der Waals surface area contributed by atoms with Gasteiger partial charge in [-0.2, -0.15) is 0 Å². The second-order valence-corrected chi connectivity index (χ2v) is 7.84. The molecule has 1 aromatic rings. The number of anilines is 1. The zero-order chi connectivity index (χ0) is 15.6. The van der Waals surface area contributed by atoms with E-state index in [2.05, 4.69) is 14.9 Å². The number of fused-ring (bicyclic) bond motifs is 3. The Balaban J connectivity index is 1.39. The Hall–Kier alpha value is -1.65. The molecule has 122 valence electrons. The van der Waals surface area contributed by atoms with E-state index in [4.69, 9.17) is 0 Å². The van der Waals surface area contributed by atoms with Crippen molar-refractivity contribution in [1.82, 2.24) is 14.9 Å². The minimum absolute atomic E-state index is 0.282. The van der Waals surface area contributed by atoms with Gasteiger partial charge >= 0.3 is 0 Å². The van der Waals surface area contributed by atoms with Crippen molar-refractivity contribution in [3.05, 3.63) is 17.1 Å². The van der Waals surface area contributed by atoms with Crippen LogP contribution < -0.4 is 4.90 Å². The van der Waals surface area contributed by atoms with Crippen molar-refractivity contribution in [2.24, 2.45) is 17.8 Å². The summed E-state index contributed by atoms with van der Waals surface area (Å²) in [5, 5.41) is 0. The largest absolute Gasteiger partial charge is 0.356 e. The van der Waals surface area contributed by atoms with E-state index in [9.17, 15) is 4.79 Å². The molecule has 3 atom stereocenters. The number of carbonyl (C=O) groups excluding carboxylic acids is 1. The summed E-state index contributed by atoms with van der Waals surface area (Å²) in [5.41, 5.74) is 2.28. The normalized spacial score (nSPS) is 31.4. The van der Waals surface area contributed by atoms with Gasteiger partial charge in [0.2, 0.25) is 5.91 Å². The van der Waals surface area contributed by atoms with Crippen LogP contribution in [0, 0.1) is 24.7 Å². The smallest absolute Gasteiger partial charge is 0.226 e. The van der Waals surface area contributed by atoms with E-state index in [0.29, 0.717) is 24.9 Å². The first kappa shape index (κ1) is 13.8. The molecule has 5 rings (SSSR count). The molecule has 5 heteroatoms. The average Bonchev–Trinajstić information content (AvgIpc) is 3.18. The minimum atomic E-state index is 0.282. The standard InChI is InChI=1S/C18H24N4O/c1-11-19-16-10-22(9-15(16)17(20-11)21-5-2-6-21)18(23)14-8-12-3-4-13(14)7-12/h12-14H,2-10H2,1H3. The van der Waals surface area contributed by atoms with Gasteiger partial charge in [0, 0.05) is 24.6 Å². The Kier molecular flexibility index (Phi) is 2.94. The minimum Gasteiger partial charge on any atom is -0.356 e. The molecule has 1 saturated heterocycles. The third kappa shape index (κ3) is 2.08. The highest BCUT2D eigenvalue weighted by Crippen LogP contribution is 2.49. The zero-order valence-corrected chi connectivity index (χ0v) is 13.8. The molecule has 0 radical (unpaired) electrons. The van der Waals surface area contributed by atoms with Crippen molar-refractivity contribution in [3.8, 4) is 0 Å². The number of aryl methyl sites for hydroxylation is 1. The van der Waals surface area contributed by atoms with Crippen molar-refractivity contribution in [2.75, 3.05) is 18.0 Å². The SMILES string of the molecule is Cc1nc2c(c(N3CCC3)n1)CN(C(=O)C1CC3CCC1C3)C2. The predicted molar refractivity (Wildman–Crippen MR) is 86.8 cm³/mol. The highest BCUT2D eigenvalue weighted by atomic mass is 16.2. The maximum Gasteiger partial charge on any atom is 0.226 e. The van der Waals surface area contributed by atoms with Crippen LogP contribution in [0.2, 0.25) is 0 Å². The van der Waals surface area contributed by atoms with Crippen LogP contribution >= 0.6 is 0 Å². The van der Waals surface area contributed by atoms with Gasteiger partial charge in [-0.15, -0.1) is 0 Å². The van der Waals surface area contributed by atoms with E-state index in [1.54, 1.807) is 0 Å². The van der Waals surface area contributed by atoms with Crippen LogP contribution in [0.5, 0.6) is 0 Å². The molecule has 0 spiro atoms. The lowest BCUT2D eigenvalue weighted by molar-refractivity contribution is -0.137. The second kappa shape index (κ2) is 4.92. The van der Waals surface area contributed by atoms with E-state index in [-0.39, 0.29) is 5.92 Å². The predicted octanol–water partition coefficient (Wildman–Crippen LogP) is 2.27. The molecule has 2 saturated carbocycles. The molecule has 4 aliphatic rings. The molecular weight excluding hydrogens is 288 g/mol. The summed E-state index contributed by atoms with van der Waals surface area (Å²) in [6, 6.07) is 0. The van der Waals surface area contributed by atoms with Crippen LogP contribution in [0.3, 0.4) is 0 Å². The number of carbonyl (C=O) groups is 1. The molecule has 2 aliphatic heterocycles. The van der Waals surface area contributed by atoms with E-state index in [1.807, 2.05) is 11.8 Å². The fraction of sp³-hybridized carbons (Fsp3) is 0.722. The molecule has 1 aromatic heterocycles. The van der Waals surface area contributed by atoms with Gasteiger partial charge in [0.25, 0.3) is 0 Å². The van der Waals surface area contributed by atoms with Gasteiger partial charge in [0.15, 0.2) is 0 Å². The van der Waals surface area contributed by atoms with Crippen LogP contribution in [0.1, 0.15) is 49.2 Å². The summed E-state index contributed by atoms with van der Waals surface area (Å²) in [5.74, 6) is 4.05. The van der Waals surface area contributed by atoms with Crippen molar-refractivity contribution in [2.45, 2.75) is 52.1 Å². The molecule has 0 aromatic carbocycles. The van der Waals surface area contributed by atoms with Crippen molar-refractivity contribution in [3.63, 3.8) is 0 Å². The number of amides is 1. The Morgan fingerprint density at radius 1 is 1.13 bits per heavy atom. The number of hydrogen-bond donors (Lipinski definition) is 0. The first-order chi connectivity index (χ1) is 11.2. The van der Waals surface area contributed by atoms with Gasteiger partial charge in [-0.25, -0.2) is 9.97 Å². The summed E-state index contributed by atoms with van der Waals surface area (Å²) < 4.78 is 0. The lowest BCUT2D eigenvalue weighted by atomic mass is 9.88. The maximum absolute atomic E-state index is 13.0. The molecular formula is C18H24N4O. The Labute approximate surface area is 137 Å². The monoisotopic (exact) mass is 312 g/mol. The molecule has 2 aliphatic carbocycles. The van der Waals surface area contributed by atoms with Gasteiger partial charge in [-0.1, -0.05) is 6.42 Å². The summed E-state index contributed by atoms with van der Waals surface area (Å²) in [7, 11) is 0. The van der Waals surface area contributed by atoms with Crippen molar-refractivity contribution >= 4 is 11.7 Å². The number of aromatic nitrogens is 2. The Bertz CT molecular complexity index is 669. The number of hydrogen-bond acceptors (Lipinski definition) is 4. The summed E-state index contributed by atoms with van der Waals surface area (Å²) in [6.07, 6.45) is 6.26. The van der Waals surface area contributed by atoms with Gasteiger partial charge in [-0.05, 0) is 44.4 Å². The molecule has 0 N–H and O–H groups in total. The van der Waals surface area contributed by atoms with E-state index in [1.165, 1.54) is 31.2 Å². The molecule has 3 heterocycles. The fourth-order valence-corrected chi connectivity index (χ4v) is 5.09. The summed E-state index contributed by atoms with van der Waals surface area (Å²) >= 11 is 0. The lowest BCUT2D eigenvalue weighted by Crippen LogP contribution is -2.39. The Morgan fingerprint density at radius 3 is 2.65 bits per heavy atom. The second-order valence-electron chi connectivity index (χ2n) is 7.84. The molecule has 5 nitrogen and oxygen atoms in total. The van der Waals surface area contributed by atoms with Gasteiger partial charge < -0.3 is 9.80 Å². The van der Waals surface area contributed by atoms with E-state index in [0.717, 1.165) is 42.8 Å². The lowest BCUT2D eigenvalue weighted by Gasteiger charge is -2.33. The molecule has 2 bridgehead atoms. The summed E-state index contributed by atoms with van der Waals surface area (Å²) in [6.45, 7) is 5.54. The van der Waals surface area contributed by atoms with Crippen LogP contribution in [0.25, 0.3) is 0 Å². The van der Waals surface area contributed by atoms with Crippen molar-refractivity contribution < 1.29 is 4.79 Å². The maximum atomic E-state index is 13.0. The fourth-order valence-electron chi connectivity index (χ4n) is 5.09. The van der Waals surface area contributed by atoms with Crippen LogP contribution in [0.4, 0.5) is 5.82 Å². The third-order valence-electron chi connectivity index (χ3n) is 6.39. The average molecular weight is 312 g/mol. The van der Waals surface area contributed by atoms with Crippen LogP contribution in [0.15, 0.2) is 0 Å². The van der Waals surface area contributed by atoms with E-state index < -0.39 is 0 Å². The molecule has 3 unspecified atom stereocenters. The zero-order valence-electron chi connectivity index (χ0n) is 13.8. The van der Waals surface area contributed by atoms with Crippen LogP contribution in [-0.4, -0.2) is 33.9 Å². The first-order valence-corrected chi connectivity index (χ1v) is 9.09. The summed E-state index contributed by atoms with van der Waals surface area (Å²) in [4.78, 5) is 26.7. The van der Waals surface area contributed by atoms with E-state index >= 15 is 0 Å².